The fraction of sp³-hybridized carbons (Fsp3) is 0.409. The van der Waals surface area contributed by atoms with E-state index in [0.717, 1.165) is 41.0 Å². The topological polar surface area (TPSA) is 64.1 Å². The van der Waals surface area contributed by atoms with E-state index in [1.54, 1.807) is 17.7 Å². The van der Waals surface area contributed by atoms with Gasteiger partial charge in [-0.05, 0) is 74.8 Å². The van der Waals surface area contributed by atoms with E-state index in [1.807, 2.05) is 6.92 Å². The van der Waals surface area contributed by atoms with Gasteiger partial charge in [0.05, 0.1) is 12.0 Å². The van der Waals surface area contributed by atoms with Crippen molar-refractivity contribution in [2.24, 2.45) is 5.92 Å². The van der Waals surface area contributed by atoms with E-state index in [2.05, 4.69) is 47.3 Å². The van der Waals surface area contributed by atoms with Crippen LogP contribution in [0.4, 0.5) is 11.5 Å². The average molecular weight is 396 g/mol. The lowest BCUT2D eigenvalue weighted by Gasteiger charge is -2.21. The van der Waals surface area contributed by atoms with E-state index >= 15 is 0 Å². The number of hydrogen-bond acceptors (Lipinski definition) is 6. The minimum atomic E-state index is -0.0889. The van der Waals surface area contributed by atoms with Crippen molar-refractivity contribution in [1.29, 1.82) is 0 Å². The van der Waals surface area contributed by atoms with Crippen LogP contribution in [0.15, 0.2) is 24.5 Å². The second-order valence-corrected chi connectivity index (χ2v) is 8.53. The van der Waals surface area contributed by atoms with Crippen LogP contribution < -0.4 is 5.32 Å². The Hall–Kier alpha value is -2.47. The monoisotopic (exact) mass is 395 g/mol. The molecule has 0 fully saturated rings. The molecule has 2 heterocycles. The Balaban J connectivity index is 1.62. The maximum absolute atomic E-state index is 11.9. The highest BCUT2D eigenvalue weighted by Crippen LogP contribution is 2.41. The molecule has 1 atom stereocenters. The summed E-state index contributed by atoms with van der Waals surface area (Å²) in [5.41, 5.74) is 4.91. The van der Waals surface area contributed by atoms with Crippen LogP contribution >= 0.6 is 11.3 Å². The molecule has 1 N–H and O–H groups in total. The highest BCUT2D eigenvalue weighted by Gasteiger charge is 2.26. The Morgan fingerprint density at radius 1 is 1.29 bits per heavy atom. The average Bonchev–Trinajstić information content (AvgIpc) is 3.03. The molecular weight excluding hydrogens is 370 g/mol. The summed E-state index contributed by atoms with van der Waals surface area (Å²) in [7, 11) is 0. The number of fused-ring (bicyclic) bond motifs is 3. The Morgan fingerprint density at radius 3 is 2.93 bits per heavy atom. The highest BCUT2D eigenvalue weighted by atomic mass is 32.1. The zero-order valence-corrected chi connectivity index (χ0v) is 17.4. The second-order valence-electron chi connectivity index (χ2n) is 7.45. The van der Waals surface area contributed by atoms with Crippen molar-refractivity contribution in [3.05, 3.63) is 46.1 Å². The van der Waals surface area contributed by atoms with Crippen LogP contribution in [-0.2, 0) is 22.4 Å². The van der Waals surface area contributed by atoms with E-state index in [9.17, 15) is 4.79 Å². The normalized spacial score (nSPS) is 16.0. The molecule has 1 aliphatic carbocycles. The van der Waals surface area contributed by atoms with Crippen molar-refractivity contribution in [3.63, 3.8) is 0 Å². The molecule has 5 nitrogen and oxygen atoms in total. The number of carbonyl (C=O) groups excluding carboxylic acids is 1. The summed E-state index contributed by atoms with van der Waals surface area (Å²) in [6.45, 7) is 6.53. The van der Waals surface area contributed by atoms with Crippen LogP contribution in [0.3, 0.4) is 0 Å². The Kier molecular flexibility index (Phi) is 5.31. The predicted molar refractivity (Wildman–Crippen MR) is 113 cm³/mol. The Labute approximate surface area is 169 Å². The Morgan fingerprint density at radius 2 is 2.14 bits per heavy atom. The van der Waals surface area contributed by atoms with Gasteiger partial charge in [0.15, 0.2) is 0 Å². The number of benzene rings is 1. The lowest BCUT2D eigenvalue weighted by Crippen LogP contribution is -2.18. The van der Waals surface area contributed by atoms with Crippen LogP contribution in [0.1, 0.15) is 41.3 Å². The molecule has 146 valence electrons. The number of aryl methyl sites for hydroxylation is 3. The van der Waals surface area contributed by atoms with Gasteiger partial charge in [-0.25, -0.2) is 9.97 Å². The summed E-state index contributed by atoms with van der Waals surface area (Å²) in [5, 5.41) is 4.63. The molecule has 0 saturated carbocycles. The number of thiophene rings is 1. The summed E-state index contributed by atoms with van der Waals surface area (Å²) >= 11 is 1.73. The summed E-state index contributed by atoms with van der Waals surface area (Å²) in [6, 6.07) is 6.36. The minimum absolute atomic E-state index is 0.0889. The molecule has 1 unspecified atom stereocenters. The van der Waals surface area contributed by atoms with E-state index < -0.39 is 0 Å². The van der Waals surface area contributed by atoms with E-state index in [1.165, 1.54) is 21.6 Å². The minimum Gasteiger partial charge on any atom is -0.466 e. The number of esters is 1. The molecule has 0 spiro atoms. The Bertz CT molecular complexity index is 1030. The number of ether oxygens (including phenoxy) is 1. The fourth-order valence-corrected chi connectivity index (χ4v) is 5.16. The first kappa shape index (κ1) is 18.9. The molecule has 28 heavy (non-hydrogen) atoms. The number of rotatable bonds is 5. The zero-order valence-electron chi connectivity index (χ0n) is 16.5. The van der Waals surface area contributed by atoms with Gasteiger partial charge in [0.2, 0.25) is 0 Å². The van der Waals surface area contributed by atoms with Crippen LogP contribution in [-0.4, -0.2) is 22.5 Å². The summed E-state index contributed by atoms with van der Waals surface area (Å²) in [5.74, 6) is 1.13. The summed E-state index contributed by atoms with van der Waals surface area (Å²) in [4.78, 5) is 23.3. The number of hydrogen-bond donors (Lipinski definition) is 1. The van der Waals surface area contributed by atoms with Gasteiger partial charge in [-0.2, -0.15) is 0 Å². The SMILES string of the molecule is CCOC(=O)CC1CCc2c(sc3ncnc(Nc4ccc(C)c(C)c4)c23)C1. The van der Waals surface area contributed by atoms with E-state index in [4.69, 9.17) is 4.74 Å². The third kappa shape index (κ3) is 3.74. The van der Waals surface area contributed by atoms with Gasteiger partial charge in [-0.15, -0.1) is 11.3 Å². The van der Waals surface area contributed by atoms with Crippen LogP contribution in [0.2, 0.25) is 0 Å². The first-order chi connectivity index (χ1) is 13.5. The third-order valence-corrected chi connectivity index (χ3v) is 6.64. The molecule has 0 aliphatic heterocycles. The highest BCUT2D eigenvalue weighted by molar-refractivity contribution is 7.19. The fourth-order valence-electron chi connectivity index (χ4n) is 3.86. The van der Waals surface area contributed by atoms with E-state index in [0.29, 0.717) is 18.9 Å². The molecule has 0 bridgehead atoms. The van der Waals surface area contributed by atoms with Crippen molar-refractivity contribution < 1.29 is 9.53 Å². The number of aromatic nitrogens is 2. The van der Waals surface area contributed by atoms with Crippen molar-refractivity contribution in [3.8, 4) is 0 Å². The van der Waals surface area contributed by atoms with Crippen LogP contribution in [0, 0.1) is 19.8 Å². The van der Waals surface area contributed by atoms with Crippen molar-refractivity contribution in [2.45, 2.75) is 46.5 Å². The second kappa shape index (κ2) is 7.87. The largest absolute Gasteiger partial charge is 0.466 e. The molecule has 1 aromatic carbocycles. The lowest BCUT2D eigenvalue weighted by atomic mass is 9.86. The number of anilines is 2. The number of nitrogens with zero attached hydrogens (tertiary/aromatic N) is 2. The molecule has 3 aromatic rings. The maximum atomic E-state index is 11.9. The standard InChI is InChI=1S/C22H25N3O2S/c1-4-27-19(26)11-15-6-8-17-18(10-15)28-22-20(17)21(23-12-24-22)25-16-7-5-13(2)14(3)9-16/h5,7,9,12,15H,4,6,8,10-11H2,1-3H3,(H,23,24,25). The molecule has 4 rings (SSSR count). The van der Waals surface area contributed by atoms with E-state index in [-0.39, 0.29) is 5.97 Å². The van der Waals surface area contributed by atoms with Gasteiger partial charge in [0.25, 0.3) is 0 Å². The lowest BCUT2D eigenvalue weighted by molar-refractivity contribution is -0.144. The van der Waals surface area contributed by atoms with Gasteiger partial charge in [0, 0.05) is 17.0 Å². The quantitative estimate of drug-likeness (QED) is 0.608. The van der Waals surface area contributed by atoms with Gasteiger partial charge in [-0.3, -0.25) is 4.79 Å². The molecule has 2 aromatic heterocycles. The molecule has 6 heteroatoms. The first-order valence-electron chi connectivity index (χ1n) is 9.80. The van der Waals surface area contributed by atoms with Crippen LogP contribution in [0.5, 0.6) is 0 Å². The third-order valence-electron chi connectivity index (χ3n) is 5.48. The number of nitrogens with one attached hydrogen (secondary N) is 1. The summed E-state index contributed by atoms with van der Waals surface area (Å²) in [6.07, 6.45) is 4.99. The van der Waals surface area contributed by atoms with Gasteiger partial charge >= 0.3 is 5.97 Å². The molecule has 0 saturated heterocycles. The molecular formula is C22H25N3O2S. The molecule has 0 radical (unpaired) electrons. The van der Waals surface area contributed by atoms with Crippen molar-refractivity contribution in [2.75, 3.05) is 11.9 Å². The first-order valence-corrected chi connectivity index (χ1v) is 10.6. The van der Waals surface area contributed by atoms with Gasteiger partial charge in [-0.1, -0.05) is 6.07 Å². The van der Waals surface area contributed by atoms with Gasteiger partial charge in [0.1, 0.15) is 17.0 Å². The number of carbonyl (C=O) groups is 1. The molecule has 0 amide bonds. The smallest absolute Gasteiger partial charge is 0.306 e. The maximum Gasteiger partial charge on any atom is 0.306 e. The summed E-state index contributed by atoms with van der Waals surface area (Å²) < 4.78 is 5.13. The van der Waals surface area contributed by atoms with Crippen LogP contribution in [0.25, 0.3) is 10.2 Å². The van der Waals surface area contributed by atoms with Crippen molar-refractivity contribution >= 4 is 39.0 Å². The van der Waals surface area contributed by atoms with Crippen molar-refractivity contribution in [1.82, 2.24) is 9.97 Å². The van der Waals surface area contributed by atoms with Gasteiger partial charge < -0.3 is 10.1 Å². The predicted octanol–water partition coefficient (Wildman–Crippen LogP) is 5.11. The zero-order chi connectivity index (χ0) is 19.7. The molecule has 1 aliphatic rings.